The predicted molar refractivity (Wildman–Crippen MR) is 96.6 cm³/mol. The first-order chi connectivity index (χ1) is 12.2. The van der Waals surface area contributed by atoms with Crippen molar-refractivity contribution in [2.75, 3.05) is 13.7 Å². The summed E-state index contributed by atoms with van der Waals surface area (Å²) in [7, 11) is 1.58. The Bertz CT molecular complexity index is 965. The fourth-order valence-electron chi connectivity index (χ4n) is 3.08. The van der Waals surface area contributed by atoms with E-state index in [1.807, 2.05) is 47.2 Å². The molecule has 1 aliphatic heterocycles. The molecule has 0 bridgehead atoms. The van der Waals surface area contributed by atoms with Crippen LogP contribution >= 0.6 is 11.6 Å². The van der Waals surface area contributed by atoms with Crippen molar-refractivity contribution in [3.8, 4) is 22.8 Å². The minimum atomic E-state index is -0.0303. The van der Waals surface area contributed by atoms with Crippen molar-refractivity contribution < 1.29 is 9.53 Å². The number of benzene rings is 2. The van der Waals surface area contributed by atoms with Crippen molar-refractivity contribution >= 4 is 17.5 Å². The van der Waals surface area contributed by atoms with E-state index in [2.05, 4.69) is 10.3 Å². The Kier molecular flexibility index (Phi) is 3.93. The SMILES string of the molecule is COc1ccc(-c2nccn2-c2ccc3c(c2)C(=O)NCC3)cc1Cl. The number of hydrogen-bond donors (Lipinski definition) is 1. The third kappa shape index (κ3) is 2.76. The molecule has 0 radical (unpaired) electrons. The maximum Gasteiger partial charge on any atom is 0.251 e. The quantitative estimate of drug-likeness (QED) is 0.784. The van der Waals surface area contributed by atoms with Crippen LogP contribution in [0.3, 0.4) is 0 Å². The lowest BCUT2D eigenvalue weighted by molar-refractivity contribution is 0.0946. The number of fused-ring (bicyclic) bond motifs is 1. The fourth-order valence-corrected chi connectivity index (χ4v) is 3.34. The number of hydrogen-bond acceptors (Lipinski definition) is 3. The second-order valence-corrected chi connectivity index (χ2v) is 6.22. The lowest BCUT2D eigenvalue weighted by atomic mass is 9.99. The second kappa shape index (κ2) is 6.26. The Balaban J connectivity index is 1.79. The normalized spacial score (nSPS) is 13.3. The van der Waals surface area contributed by atoms with Gasteiger partial charge in [0.05, 0.1) is 12.1 Å². The van der Waals surface area contributed by atoms with Crippen LogP contribution in [-0.4, -0.2) is 29.1 Å². The van der Waals surface area contributed by atoms with Gasteiger partial charge in [-0.3, -0.25) is 9.36 Å². The average molecular weight is 354 g/mol. The molecule has 126 valence electrons. The first kappa shape index (κ1) is 15.7. The average Bonchev–Trinajstić information content (AvgIpc) is 3.11. The molecule has 5 nitrogen and oxygen atoms in total. The monoisotopic (exact) mass is 353 g/mol. The highest BCUT2D eigenvalue weighted by Gasteiger charge is 2.18. The number of aromatic nitrogens is 2. The summed E-state index contributed by atoms with van der Waals surface area (Å²) in [5.41, 5.74) is 3.55. The molecule has 4 rings (SSSR count). The first-order valence-electron chi connectivity index (χ1n) is 7.96. The van der Waals surface area contributed by atoms with Crippen molar-refractivity contribution in [1.29, 1.82) is 0 Å². The molecule has 0 unspecified atom stereocenters. The van der Waals surface area contributed by atoms with Gasteiger partial charge < -0.3 is 10.1 Å². The molecule has 0 aliphatic carbocycles. The number of carbonyl (C=O) groups is 1. The summed E-state index contributed by atoms with van der Waals surface area (Å²) in [6.07, 6.45) is 4.45. The van der Waals surface area contributed by atoms with E-state index in [1.54, 1.807) is 13.3 Å². The van der Waals surface area contributed by atoms with Crippen LogP contribution in [0.15, 0.2) is 48.8 Å². The molecule has 0 spiro atoms. The Morgan fingerprint density at radius 3 is 2.92 bits per heavy atom. The number of nitrogens with one attached hydrogen (secondary N) is 1. The van der Waals surface area contributed by atoms with E-state index < -0.39 is 0 Å². The van der Waals surface area contributed by atoms with Crippen LogP contribution in [0, 0.1) is 0 Å². The molecule has 1 amide bonds. The number of methoxy groups -OCH3 is 1. The largest absolute Gasteiger partial charge is 0.495 e. The van der Waals surface area contributed by atoms with Crippen molar-refractivity contribution in [1.82, 2.24) is 14.9 Å². The van der Waals surface area contributed by atoms with Gasteiger partial charge in [0, 0.05) is 35.8 Å². The highest BCUT2D eigenvalue weighted by molar-refractivity contribution is 6.32. The summed E-state index contributed by atoms with van der Waals surface area (Å²) in [5, 5.41) is 3.41. The summed E-state index contributed by atoms with van der Waals surface area (Å²) in [6.45, 7) is 0.686. The zero-order chi connectivity index (χ0) is 17.4. The van der Waals surface area contributed by atoms with Gasteiger partial charge >= 0.3 is 0 Å². The number of amides is 1. The molecular formula is C19H16ClN3O2. The molecule has 1 aromatic heterocycles. The number of halogens is 1. The number of ether oxygens (including phenoxy) is 1. The fraction of sp³-hybridized carbons (Fsp3) is 0.158. The molecule has 2 heterocycles. The highest BCUT2D eigenvalue weighted by Crippen LogP contribution is 2.31. The number of nitrogens with zero attached hydrogens (tertiary/aromatic N) is 2. The molecule has 1 N–H and O–H groups in total. The van der Waals surface area contributed by atoms with E-state index in [1.165, 1.54) is 0 Å². The van der Waals surface area contributed by atoms with Gasteiger partial charge in [0.1, 0.15) is 11.6 Å². The molecule has 6 heteroatoms. The Hall–Kier alpha value is -2.79. The Morgan fingerprint density at radius 1 is 1.24 bits per heavy atom. The maximum atomic E-state index is 12.1. The molecule has 25 heavy (non-hydrogen) atoms. The van der Waals surface area contributed by atoms with Crippen LogP contribution in [0.1, 0.15) is 15.9 Å². The van der Waals surface area contributed by atoms with Crippen molar-refractivity contribution in [3.63, 3.8) is 0 Å². The predicted octanol–water partition coefficient (Wildman–Crippen LogP) is 3.49. The van der Waals surface area contributed by atoms with Gasteiger partial charge in [-0.25, -0.2) is 4.98 Å². The third-order valence-electron chi connectivity index (χ3n) is 4.35. The summed E-state index contributed by atoms with van der Waals surface area (Å²) >= 11 is 6.24. The minimum absolute atomic E-state index is 0.0303. The summed E-state index contributed by atoms with van der Waals surface area (Å²) < 4.78 is 7.15. The standard InChI is InChI=1S/C19H16ClN3O2/c1-25-17-5-3-13(10-16(17)20)18-21-8-9-23(18)14-4-2-12-6-7-22-19(24)15(12)11-14/h2-5,8-11H,6-7H2,1H3,(H,22,24). The van der Waals surface area contributed by atoms with Crippen molar-refractivity contribution in [2.24, 2.45) is 0 Å². The molecule has 0 saturated carbocycles. The number of carbonyl (C=O) groups excluding carboxylic acids is 1. The zero-order valence-electron chi connectivity index (χ0n) is 13.6. The van der Waals surface area contributed by atoms with Gasteiger partial charge in [0.15, 0.2) is 0 Å². The van der Waals surface area contributed by atoms with Crippen LogP contribution in [0.4, 0.5) is 0 Å². The number of imidazole rings is 1. The first-order valence-corrected chi connectivity index (χ1v) is 8.34. The summed E-state index contributed by atoms with van der Waals surface area (Å²) in [4.78, 5) is 16.6. The zero-order valence-corrected chi connectivity index (χ0v) is 14.4. The second-order valence-electron chi connectivity index (χ2n) is 5.82. The lowest BCUT2D eigenvalue weighted by Crippen LogP contribution is -2.31. The van der Waals surface area contributed by atoms with Crippen molar-refractivity contribution in [3.05, 3.63) is 64.9 Å². The molecule has 1 aliphatic rings. The highest BCUT2D eigenvalue weighted by atomic mass is 35.5. The molecule has 3 aromatic rings. The van der Waals surface area contributed by atoms with Gasteiger partial charge in [-0.2, -0.15) is 0 Å². The molecule has 0 saturated heterocycles. The van der Waals surface area contributed by atoms with E-state index in [0.29, 0.717) is 17.3 Å². The topological polar surface area (TPSA) is 56.2 Å². The van der Waals surface area contributed by atoms with Gasteiger partial charge in [-0.15, -0.1) is 0 Å². The maximum absolute atomic E-state index is 12.1. The van der Waals surface area contributed by atoms with Crippen LogP contribution in [0.5, 0.6) is 5.75 Å². The van der Waals surface area contributed by atoms with Gasteiger partial charge in [0.2, 0.25) is 0 Å². The Labute approximate surface area is 150 Å². The van der Waals surface area contributed by atoms with E-state index in [4.69, 9.17) is 16.3 Å². The van der Waals surface area contributed by atoms with E-state index >= 15 is 0 Å². The van der Waals surface area contributed by atoms with E-state index in [9.17, 15) is 4.79 Å². The molecule has 2 aromatic carbocycles. The van der Waals surface area contributed by atoms with Gasteiger partial charge in [0.25, 0.3) is 5.91 Å². The van der Waals surface area contributed by atoms with Crippen molar-refractivity contribution in [2.45, 2.75) is 6.42 Å². The molecule has 0 fully saturated rings. The minimum Gasteiger partial charge on any atom is -0.495 e. The van der Waals surface area contributed by atoms with Crippen LogP contribution in [-0.2, 0) is 6.42 Å². The van der Waals surface area contributed by atoms with Crippen LogP contribution in [0.25, 0.3) is 17.1 Å². The number of rotatable bonds is 3. The van der Waals surface area contributed by atoms with Gasteiger partial charge in [-0.1, -0.05) is 17.7 Å². The Morgan fingerprint density at radius 2 is 2.12 bits per heavy atom. The summed E-state index contributed by atoms with van der Waals surface area (Å²) in [6, 6.07) is 11.5. The lowest BCUT2D eigenvalue weighted by Gasteiger charge is -2.18. The van der Waals surface area contributed by atoms with Gasteiger partial charge in [-0.05, 0) is 42.3 Å². The third-order valence-corrected chi connectivity index (χ3v) is 4.64. The van der Waals surface area contributed by atoms with Crippen LogP contribution in [0.2, 0.25) is 5.02 Å². The van der Waals surface area contributed by atoms with E-state index in [-0.39, 0.29) is 5.91 Å². The van der Waals surface area contributed by atoms with E-state index in [0.717, 1.165) is 34.6 Å². The summed E-state index contributed by atoms with van der Waals surface area (Å²) in [5.74, 6) is 1.34. The smallest absolute Gasteiger partial charge is 0.251 e. The molecule has 0 atom stereocenters. The van der Waals surface area contributed by atoms with Crippen LogP contribution < -0.4 is 10.1 Å². The molecular weight excluding hydrogens is 338 g/mol.